The molecule has 0 aromatic heterocycles. The standard InChI is InChI=1S/C33H39ClN2O3/c1-23-18-24(2)25(3)31(19-23)39-22-32(37)36(21-27-14-16-28(34)17-15-27)30(20-26-10-6-4-7-11-26)33(38)35-29-12-8-5-9-13-29/h4,6-7,10-11,14-19,29-30H,5,8-9,12-13,20-22H2,1-3H3,(H,35,38). The summed E-state index contributed by atoms with van der Waals surface area (Å²) in [6, 6.07) is 20.8. The van der Waals surface area contributed by atoms with Gasteiger partial charge in [-0.25, -0.2) is 0 Å². The number of carbonyl (C=O) groups excluding carboxylic acids is 2. The summed E-state index contributed by atoms with van der Waals surface area (Å²) in [6.45, 7) is 6.17. The van der Waals surface area contributed by atoms with E-state index in [9.17, 15) is 9.59 Å². The normalized spacial score (nSPS) is 14.5. The van der Waals surface area contributed by atoms with E-state index in [4.69, 9.17) is 16.3 Å². The Balaban J connectivity index is 1.63. The van der Waals surface area contributed by atoms with Crippen LogP contribution in [0.3, 0.4) is 0 Å². The van der Waals surface area contributed by atoms with Crippen molar-refractivity contribution in [2.24, 2.45) is 0 Å². The smallest absolute Gasteiger partial charge is 0.261 e. The lowest BCUT2D eigenvalue weighted by molar-refractivity contribution is -0.143. The Hall–Kier alpha value is -3.31. The second-order valence-corrected chi connectivity index (χ2v) is 11.1. The van der Waals surface area contributed by atoms with E-state index in [-0.39, 0.29) is 31.0 Å². The first-order chi connectivity index (χ1) is 18.8. The molecule has 0 saturated heterocycles. The number of nitrogens with one attached hydrogen (secondary N) is 1. The third kappa shape index (κ3) is 8.09. The summed E-state index contributed by atoms with van der Waals surface area (Å²) in [7, 11) is 0. The minimum Gasteiger partial charge on any atom is -0.483 e. The molecule has 1 fully saturated rings. The van der Waals surface area contributed by atoms with Gasteiger partial charge in [-0.3, -0.25) is 9.59 Å². The molecule has 39 heavy (non-hydrogen) atoms. The van der Waals surface area contributed by atoms with Gasteiger partial charge in [-0.05, 0) is 79.6 Å². The lowest BCUT2D eigenvalue weighted by Crippen LogP contribution is -2.53. The van der Waals surface area contributed by atoms with Crippen LogP contribution in [0.5, 0.6) is 5.75 Å². The molecule has 1 saturated carbocycles. The second kappa shape index (κ2) is 13.7. The van der Waals surface area contributed by atoms with Gasteiger partial charge in [0.2, 0.25) is 5.91 Å². The average molecular weight is 547 g/mol. The number of hydrogen-bond donors (Lipinski definition) is 1. The number of nitrogens with zero attached hydrogens (tertiary/aromatic N) is 1. The zero-order valence-electron chi connectivity index (χ0n) is 23.2. The molecule has 4 rings (SSSR count). The highest BCUT2D eigenvalue weighted by Gasteiger charge is 2.32. The summed E-state index contributed by atoms with van der Waals surface area (Å²) in [5, 5.41) is 3.90. The maximum atomic E-state index is 13.9. The van der Waals surface area contributed by atoms with E-state index < -0.39 is 6.04 Å². The zero-order valence-corrected chi connectivity index (χ0v) is 24.0. The first-order valence-corrected chi connectivity index (χ1v) is 14.3. The molecule has 0 bridgehead atoms. The molecule has 1 unspecified atom stereocenters. The van der Waals surface area contributed by atoms with Gasteiger partial charge in [0.25, 0.3) is 5.91 Å². The van der Waals surface area contributed by atoms with Crippen LogP contribution in [0.15, 0.2) is 66.7 Å². The zero-order chi connectivity index (χ0) is 27.8. The highest BCUT2D eigenvalue weighted by molar-refractivity contribution is 6.30. The number of halogens is 1. The second-order valence-electron chi connectivity index (χ2n) is 10.7. The van der Waals surface area contributed by atoms with Gasteiger partial charge >= 0.3 is 0 Å². The van der Waals surface area contributed by atoms with E-state index in [2.05, 4.69) is 11.4 Å². The molecule has 1 N–H and O–H groups in total. The molecule has 3 aromatic rings. The Kier molecular flexibility index (Phi) is 10.0. The summed E-state index contributed by atoms with van der Waals surface area (Å²) in [5.74, 6) is 0.345. The molecule has 2 amide bonds. The number of rotatable bonds is 10. The van der Waals surface area contributed by atoms with E-state index in [0.29, 0.717) is 17.2 Å². The molecule has 1 aliphatic rings. The fourth-order valence-electron chi connectivity index (χ4n) is 5.26. The van der Waals surface area contributed by atoms with Crippen molar-refractivity contribution in [2.45, 2.75) is 77.9 Å². The molecule has 0 aliphatic heterocycles. The van der Waals surface area contributed by atoms with Gasteiger partial charge < -0.3 is 15.0 Å². The molecule has 1 aliphatic carbocycles. The van der Waals surface area contributed by atoms with Crippen LogP contribution in [0.1, 0.15) is 59.9 Å². The third-order valence-electron chi connectivity index (χ3n) is 7.60. The molecule has 6 heteroatoms. The highest BCUT2D eigenvalue weighted by Crippen LogP contribution is 2.24. The van der Waals surface area contributed by atoms with Gasteiger partial charge in [0.1, 0.15) is 11.8 Å². The highest BCUT2D eigenvalue weighted by atomic mass is 35.5. The van der Waals surface area contributed by atoms with E-state index >= 15 is 0 Å². The molecule has 0 radical (unpaired) electrons. The van der Waals surface area contributed by atoms with Gasteiger partial charge in [-0.15, -0.1) is 0 Å². The lowest BCUT2D eigenvalue weighted by atomic mass is 9.94. The van der Waals surface area contributed by atoms with Gasteiger partial charge in [0.05, 0.1) is 0 Å². The maximum absolute atomic E-state index is 13.9. The fourth-order valence-corrected chi connectivity index (χ4v) is 5.38. The average Bonchev–Trinajstić information content (AvgIpc) is 2.93. The Morgan fingerprint density at radius 2 is 1.64 bits per heavy atom. The molecular weight excluding hydrogens is 508 g/mol. The van der Waals surface area contributed by atoms with Crippen LogP contribution in [0, 0.1) is 20.8 Å². The molecule has 3 aromatic carbocycles. The van der Waals surface area contributed by atoms with Crippen LogP contribution < -0.4 is 10.1 Å². The topological polar surface area (TPSA) is 58.6 Å². The number of benzene rings is 3. The summed E-state index contributed by atoms with van der Waals surface area (Å²) >= 11 is 6.13. The van der Waals surface area contributed by atoms with Crippen molar-refractivity contribution in [1.82, 2.24) is 10.2 Å². The minimum atomic E-state index is -0.679. The Labute approximate surface area is 237 Å². The minimum absolute atomic E-state index is 0.115. The number of amides is 2. The predicted molar refractivity (Wildman–Crippen MR) is 157 cm³/mol. The first kappa shape index (κ1) is 28.7. The summed E-state index contributed by atoms with van der Waals surface area (Å²) in [6.07, 6.45) is 5.81. The van der Waals surface area contributed by atoms with Crippen molar-refractivity contribution in [1.29, 1.82) is 0 Å². The van der Waals surface area contributed by atoms with E-state index in [0.717, 1.165) is 53.5 Å². The van der Waals surface area contributed by atoms with Crippen LogP contribution in [0.4, 0.5) is 0 Å². The largest absolute Gasteiger partial charge is 0.483 e. The molecule has 0 spiro atoms. The number of ether oxygens (including phenoxy) is 1. The Morgan fingerprint density at radius 3 is 2.33 bits per heavy atom. The van der Waals surface area contributed by atoms with Crippen molar-refractivity contribution in [3.8, 4) is 5.75 Å². The summed E-state index contributed by atoms with van der Waals surface area (Å²) in [5.41, 5.74) is 5.10. The summed E-state index contributed by atoms with van der Waals surface area (Å²) in [4.78, 5) is 29.4. The molecule has 206 valence electrons. The van der Waals surface area contributed by atoms with Crippen molar-refractivity contribution in [3.05, 3.63) is 99.6 Å². The van der Waals surface area contributed by atoms with Gasteiger partial charge in [-0.1, -0.05) is 79.4 Å². The van der Waals surface area contributed by atoms with Gasteiger partial charge in [0.15, 0.2) is 6.61 Å². The molecule has 0 heterocycles. The van der Waals surface area contributed by atoms with Crippen LogP contribution in [0.25, 0.3) is 0 Å². The van der Waals surface area contributed by atoms with Crippen LogP contribution >= 0.6 is 11.6 Å². The van der Waals surface area contributed by atoms with Crippen LogP contribution in [-0.4, -0.2) is 35.4 Å². The van der Waals surface area contributed by atoms with Crippen molar-refractivity contribution in [2.75, 3.05) is 6.61 Å². The third-order valence-corrected chi connectivity index (χ3v) is 7.86. The fraction of sp³-hybridized carbons (Fsp3) is 0.394. The monoisotopic (exact) mass is 546 g/mol. The number of hydrogen-bond acceptors (Lipinski definition) is 3. The molecular formula is C33H39ClN2O3. The van der Waals surface area contributed by atoms with E-state index in [1.165, 1.54) is 6.42 Å². The predicted octanol–water partition coefficient (Wildman–Crippen LogP) is 6.73. The van der Waals surface area contributed by atoms with Gasteiger partial charge in [-0.2, -0.15) is 0 Å². The Morgan fingerprint density at radius 1 is 0.949 bits per heavy atom. The number of aryl methyl sites for hydroxylation is 2. The quantitative estimate of drug-likeness (QED) is 0.306. The number of carbonyl (C=O) groups is 2. The van der Waals surface area contributed by atoms with Crippen LogP contribution in [0.2, 0.25) is 5.02 Å². The van der Waals surface area contributed by atoms with Crippen molar-refractivity contribution in [3.63, 3.8) is 0 Å². The van der Waals surface area contributed by atoms with Crippen molar-refractivity contribution >= 4 is 23.4 Å². The SMILES string of the molecule is Cc1cc(C)c(C)c(OCC(=O)N(Cc2ccc(Cl)cc2)C(Cc2ccccc2)C(=O)NC2CCCCC2)c1. The maximum Gasteiger partial charge on any atom is 0.261 e. The first-order valence-electron chi connectivity index (χ1n) is 13.9. The molecule has 5 nitrogen and oxygen atoms in total. The Bertz CT molecular complexity index is 1250. The van der Waals surface area contributed by atoms with E-state index in [1.54, 1.807) is 4.90 Å². The van der Waals surface area contributed by atoms with Crippen LogP contribution in [-0.2, 0) is 22.6 Å². The van der Waals surface area contributed by atoms with Gasteiger partial charge in [0, 0.05) is 24.0 Å². The molecule has 1 atom stereocenters. The van der Waals surface area contributed by atoms with E-state index in [1.807, 2.05) is 81.4 Å². The van der Waals surface area contributed by atoms with Crippen molar-refractivity contribution < 1.29 is 14.3 Å². The lowest BCUT2D eigenvalue weighted by Gasteiger charge is -2.33. The summed E-state index contributed by atoms with van der Waals surface area (Å²) < 4.78 is 6.08.